The Bertz CT molecular complexity index is 429. The number of piperidine rings is 1. The topological polar surface area (TPSA) is 73.0 Å². The zero-order chi connectivity index (χ0) is 14.1. The van der Waals surface area contributed by atoms with Gasteiger partial charge >= 0.3 is 6.03 Å². The highest BCUT2D eigenvalue weighted by molar-refractivity contribution is 5.84. The van der Waals surface area contributed by atoms with Crippen LogP contribution in [0.25, 0.3) is 0 Å². The number of nitrogens with zero attached hydrogens (tertiary/aromatic N) is 3. The lowest BCUT2D eigenvalue weighted by molar-refractivity contribution is -0.135. The van der Waals surface area contributed by atoms with E-state index in [4.69, 9.17) is 0 Å². The van der Waals surface area contributed by atoms with Crippen LogP contribution >= 0.6 is 0 Å². The van der Waals surface area contributed by atoms with Gasteiger partial charge in [0.1, 0.15) is 5.78 Å². The number of fused-ring (bicyclic) bond motifs is 1. The summed E-state index contributed by atoms with van der Waals surface area (Å²) in [7, 11) is 0. The number of hydrogen-bond acceptors (Lipinski definition) is 4. The van der Waals surface area contributed by atoms with E-state index in [1.165, 1.54) is 0 Å². The number of carbonyl (C=O) groups is 3. The third kappa shape index (κ3) is 2.63. The van der Waals surface area contributed by atoms with Gasteiger partial charge in [-0.2, -0.15) is 0 Å². The predicted molar refractivity (Wildman–Crippen MR) is 71.2 cm³/mol. The molecule has 0 aromatic heterocycles. The quantitative estimate of drug-likeness (QED) is 0.696. The molecule has 0 aromatic carbocycles. The van der Waals surface area contributed by atoms with Crippen molar-refractivity contribution in [3.05, 3.63) is 0 Å². The Morgan fingerprint density at radius 1 is 1.15 bits per heavy atom. The lowest BCUT2D eigenvalue weighted by Crippen LogP contribution is -2.54. The lowest BCUT2D eigenvalue weighted by Gasteiger charge is -2.37. The first-order valence-electron chi connectivity index (χ1n) is 7.20. The molecule has 0 radical (unpaired) electrons. The van der Waals surface area contributed by atoms with E-state index in [-0.39, 0.29) is 23.8 Å². The van der Waals surface area contributed by atoms with Crippen LogP contribution in [0.3, 0.4) is 0 Å². The molecule has 0 bridgehead atoms. The van der Waals surface area contributed by atoms with Gasteiger partial charge in [-0.05, 0) is 0 Å². The van der Waals surface area contributed by atoms with Crippen LogP contribution < -0.4 is 5.32 Å². The van der Waals surface area contributed by atoms with Gasteiger partial charge in [0.15, 0.2) is 0 Å². The summed E-state index contributed by atoms with van der Waals surface area (Å²) in [4.78, 5) is 40.6. The minimum atomic E-state index is 0.00974. The molecule has 7 nitrogen and oxygen atoms in total. The van der Waals surface area contributed by atoms with E-state index < -0.39 is 0 Å². The van der Waals surface area contributed by atoms with Gasteiger partial charge in [0.25, 0.3) is 0 Å². The number of carbonyl (C=O) groups excluding carboxylic acids is 3. The predicted octanol–water partition coefficient (Wildman–Crippen LogP) is -1.11. The smallest absolute Gasteiger partial charge is 0.317 e. The second-order valence-electron chi connectivity index (χ2n) is 5.69. The summed E-state index contributed by atoms with van der Waals surface area (Å²) < 4.78 is 0. The van der Waals surface area contributed by atoms with Gasteiger partial charge in [0, 0.05) is 52.1 Å². The van der Waals surface area contributed by atoms with E-state index in [9.17, 15) is 14.4 Å². The Morgan fingerprint density at radius 3 is 2.65 bits per heavy atom. The molecule has 1 unspecified atom stereocenters. The van der Waals surface area contributed by atoms with Gasteiger partial charge in [-0.3, -0.25) is 14.5 Å². The highest BCUT2D eigenvalue weighted by atomic mass is 16.2. The fourth-order valence-electron chi connectivity index (χ4n) is 3.11. The maximum Gasteiger partial charge on any atom is 0.317 e. The molecule has 0 saturated carbocycles. The minimum Gasteiger partial charge on any atom is -0.341 e. The van der Waals surface area contributed by atoms with Crippen molar-refractivity contribution in [1.82, 2.24) is 20.0 Å². The van der Waals surface area contributed by atoms with Crippen LogP contribution in [0.2, 0.25) is 0 Å². The molecule has 0 aliphatic carbocycles. The molecule has 3 heterocycles. The van der Waals surface area contributed by atoms with Crippen molar-refractivity contribution < 1.29 is 14.4 Å². The third-order valence-electron chi connectivity index (χ3n) is 4.35. The average molecular weight is 280 g/mol. The number of Topliss-reactive ketones (excluding diaryl/α,β-unsaturated/α-hetero) is 1. The summed E-state index contributed by atoms with van der Waals surface area (Å²) in [5.41, 5.74) is 0. The molecule has 0 spiro atoms. The number of hydrogen-bond donors (Lipinski definition) is 1. The number of urea groups is 1. The second kappa shape index (κ2) is 5.40. The van der Waals surface area contributed by atoms with Crippen molar-refractivity contribution >= 4 is 17.7 Å². The van der Waals surface area contributed by atoms with E-state index in [1.807, 2.05) is 4.90 Å². The van der Waals surface area contributed by atoms with E-state index in [0.717, 1.165) is 13.1 Å². The average Bonchev–Trinajstić information content (AvgIpc) is 2.81. The second-order valence-corrected chi connectivity index (χ2v) is 5.69. The minimum absolute atomic E-state index is 0.00974. The first-order valence-corrected chi connectivity index (χ1v) is 7.20. The Hall–Kier alpha value is -1.63. The molecule has 110 valence electrons. The van der Waals surface area contributed by atoms with Crippen LogP contribution in [-0.2, 0) is 9.59 Å². The zero-order valence-corrected chi connectivity index (χ0v) is 11.5. The van der Waals surface area contributed by atoms with Crippen molar-refractivity contribution in [2.24, 2.45) is 0 Å². The summed E-state index contributed by atoms with van der Waals surface area (Å²) in [5, 5.41) is 2.83. The fourth-order valence-corrected chi connectivity index (χ4v) is 3.11. The molecule has 3 saturated heterocycles. The third-order valence-corrected chi connectivity index (χ3v) is 4.35. The van der Waals surface area contributed by atoms with Crippen LogP contribution in [0.5, 0.6) is 0 Å². The van der Waals surface area contributed by atoms with Crippen LogP contribution in [0.4, 0.5) is 4.79 Å². The monoisotopic (exact) mass is 280 g/mol. The van der Waals surface area contributed by atoms with Crippen molar-refractivity contribution in [3.8, 4) is 0 Å². The van der Waals surface area contributed by atoms with Gasteiger partial charge in [0.05, 0.1) is 12.6 Å². The molecule has 1 atom stereocenters. The Balaban J connectivity index is 1.50. The Kier molecular flexibility index (Phi) is 3.60. The van der Waals surface area contributed by atoms with Crippen LogP contribution in [-0.4, -0.2) is 84.3 Å². The van der Waals surface area contributed by atoms with Gasteiger partial charge in [0.2, 0.25) is 5.91 Å². The van der Waals surface area contributed by atoms with Gasteiger partial charge < -0.3 is 15.1 Å². The maximum atomic E-state index is 12.2. The van der Waals surface area contributed by atoms with Gasteiger partial charge in [-0.15, -0.1) is 0 Å². The van der Waals surface area contributed by atoms with Crippen LogP contribution in [0, 0.1) is 0 Å². The van der Waals surface area contributed by atoms with Crippen molar-refractivity contribution in [2.75, 3.05) is 45.8 Å². The highest BCUT2D eigenvalue weighted by Gasteiger charge is 2.36. The molecule has 0 aromatic rings. The molecule has 3 fully saturated rings. The Morgan fingerprint density at radius 2 is 1.90 bits per heavy atom. The number of amides is 3. The number of likely N-dealkylation sites (tertiary alicyclic amines) is 1. The summed E-state index contributed by atoms with van der Waals surface area (Å²) >= 11 is 0. The molecular formula is C13H20N4O3. The summed E-state index contributed by atoms with van der Waals surface area (Å²) in [6.07, 6.45) is 0.973. The molecule has 3 aliphatic heterocycles. The number of piperazine rings is 1. The van der Waals surface area contributed by atoms with Crippen molar-refractivity contribution in [3.63, 3.8) is 0 Å². The van der Waals surface area contributed by atoms with Gasteiger partial charge in [-0.1, -0.05) is 0 Å². The number of ketones is 1. The molecule has 20 heavy (non-hydrogen) atoms. The number of rotatable bonds is 2. The number of nitrogens with one attached hydrogen (secondary N) is 1. The zero-order valence-electron chi connectivity index (χ0n) is 11.5. The molecular weight excluding hydrogens is 260 g/mol. The first kappa shape index (κ1) is 13.4. The highest BCUT2D eigenvalue weighted by Crippen LogP contribution is 2.14. The summed E-state index contributed by atoms with van der Waals surface area (Å²) in [5.74, 6) is 0.349. The Labute approximate surface area is 117 Å². The van der Waals surface area contributed by atoms with E-state index in [1.54, 1.807) is 4.90 Å². The standard InChI is InChI=1S/C13H20N4O3/c18-11-1-3-16(4-2-11)12(19)9-15-5-6-17-10(8-15)7-14-13(17)20/h10H,1-9H2,(H,14,20). The normalized spacial score (nSPS) is 27.5. The van der Waals surface area contributed by atoms with E-state index >= 15 is 0 Å². The molecule has 7 heteroatoms. The largest absolute Gasteiger partial charge is 0.341 e. The lowest BCUT2D eigenvalue weighted by atomic mass is 10.1. The molecule has 3 rings (SSSR count). The van der Waals surface area contributed by atoms with Crippen LogP contribution in [0.15, 0.2) is 0 Å². The summed E-state index contributed by atoms with van der Waals surface area (Å²) in [6, 6.07) is 0.197. The fraction of sp³-hybridized carbons (Fsp3) is 0.769. The van der Waals surface area contributed by atoms with Crippen molar-refractivity contribution in [1.29, 1.82) is 0 Å². The van der Waals surface area contributed by atoms with Crippen molar-refractivity contribution in [2.45, 2.75) is 18.9 Å². The molecule has 1 N–H and O–H groups in total. The molecule has 3 amide bonds. The first-order chi connectivity index (χ1) is 9.63. The van der Waals surface area contributed by atoms with Crippen LogP contribution in [0.1, 0.15) is 12.8 Å². The maximum absolute atomic E-state index is 12.2. The summed E-state index contributed by atoms with van der Waals surface area (Å²) in [6.45, 7) is 4.35. The molecule has 3 aliphatic rings. The van der Waals surface area contributed by atoms with E-state index in [0.29, 0.717) is 45.6 Å². The van der Waals surface area contributed by atoms with Gasteiger partial charge in [-0.25, -0.2) is 4.79 Å². The SMILES string of the molecule is O=C1CCN(C(=O)CN2CCN3C(=O)NCC3C2)CC1. The van der Waals surface area contributed by atoms with E-state index in [2.05, 4.69) is 10.2 Å².